The number of amides is 1. The number of hydrogen-bond acceptors (Lipinski definition) is 3. The van der Waals surface area contributed by atoms with E-state index in [0.717, 1.165) is 51.9 Å². The van der Waals surface area contributed by atoms with Crippen LogP contribution in [-0.2, 0) is 11.3 Å². The van der Waals surface area contributed by atoms with Gasteiger partial charge in [0.15, 0.2) is 0 Å². The summed E-state index contributed by atoms with van der Waals surface area (Å²) in [6.45, 7) is 5.92. The second-order valence-corrected chi connectivity index (χ2v) is 6.45. The van der Waals surface area contributed by atoms with Crippen molar-refractivity contribution in [2.24, 2.45) is 10.8 Å². The van der Waals surface area contributed by atoms with Crippen LogP contribution in [0.5, 0.6) is 0 Å². The first-order valence-corrected chi connectivity index (χ1v) is 7.61. The van der Waals surface area contributed by atoms with Crippen LogP contribution in [0.15, 0.2) is 18.7 Å². The van der Waals surface area contributed by atoms with Crippen LogP contribution >= 0.6 is 0 Å². The average Bonchev–Trinajstić information content (AvgIpc) is 2.82. The quantitative estimate of drug-likeness (QED) is 0.794. The van der Waals surface area contributed by atoms with Crippen molar-refractivity contribution >= 4 is 5.91 Å². The second kappa shape index (κ2) is 5.20. The summed E-state index contributed by atoms with van der Waals surface area (Å²) in [6, 6.07) is 0. The van der Waals surface area contributed by atoms with E-state index in [1.165, 1.54) is 0 Å². The van der Waals surface area contributed by atoms with Crippen molar-refractivity contribution in [1.29, 1.82) is 0 Å². The number of rotatable bonds is 5. The Kier molecular flexibility index (Phi) is 3.54. The Bertz CT molecular complexity index is 464. The number of hydrogen-bond donors (Lipinski definition) is 2. The Morgan fingerprint density at radius 1 is 1.45 bits per heavy atom. The molecule has 110 valence electrons. The van der Waals surface area contributed by atoms with Crippen LogP contribution in [0.25, 0.3) is 0 Å². The lowest BCUT2D eigenvalue weighted by molar-refractivity contribution is -0.127. The van der Waals surface area contributed by atoms with E-state index in [0.29, 0.717) is 0 Å². The van der Waals surface area contributed by atoms with Crippen LogP contribution in [0, 0.1) is 10.8 Å². The van der Waals surface area contributed by atoms with Crippen molar-refractivity contribution in [1.82, 2.24) is 20.2 Å². The van der Waals surface area contributed by atoms with E-state index in [-0.39, 0.29) is 16.7 Å². The Labute approximate surface area is 120 Å². The molecule has 1 saturated heterocycles. The minimum absolute atomic E-state index is 0.121. The molecule has 1 aromatic heterocycles. The SMILES string of the molecule is CC1(C(=O)NCCCn2ccnc2)CC12CCNCC2. The molecule has 5 heteroatoms. The number of imidazole rings is 1. The molecule has 5 nitrogen and oxygen atoms in total. The van der Waals surface area contributed by atoms with Crippen LogP contribution in [0.1, 0.15) is 32.6 Å². The van der Waals surface area contributed by atoms with Crippen LogP contribution in [0.4, 0.5) is 0 Å². The minimum Gasteiger partial charge on any atom is -0.356 e. The third-order valence-corrected chi connectivity index (χ3v) is 5.24. The fourth-order valence-electron chi connectivity index (χ4n) is 3.67. The molecule has 3 rings (SSSR count). The zero-order valence-corrected chi connectivity index (χ0v) is 12.2. The van der Waals surface area contributed by atoms with E-state index in [1.807, 2.05) is 17.1 Å². The van der Waals surface area contributed by atoms with Gasteiger partial charge in [-0.25, -0.2) is 4.98 Å². The van der Waals surface area contributed by atoms with Crippen molar-refractivity contribution in [2.45, 2.75) is 39.2 Å². The highest BCUT2D eigenvalue weighted by molar-refractivity contribution is 5.86. The maximum atomic E-state index is 12.4. The lowest BCUT2D eigenvalue weighted by atomic mass is 9.85. The van der Waals surface area contributed by atoms with Gasteiger partial charge >= 0.3 is 0 Å². The van der Waals surface area contributed by atoms with Crippen molar-refractivity contribution in [3.63, 3.8) is 0 Å². The predicted octanol–water partition coefficient (Wildman–Crippen LogP) is 1.17. The van der Waals surface area contributed by atoms with Gasteiger partial charge in [-0.1, -0.05) is 6.92 Å². The Hall–Kier alpha value is -1.36. The Morgan fingerprint density at radius 2 is 2.25 bits per heavy atom. The molecule has 1 atom stereocenters. The highest BCUT2D eigenvalue weighted by atomic mass is 16.2. The number of aryl methyl sites for hydroxylation is 1. The maximum absolute atomic E-state index is 12.4. The summed E-state index contributed by atoms with van der Waals surface area (Å²) in [6.07, 6.45) is 9.85. The zero-order valence-electron chi connectivity index (χ0n) is 12.2. The molecule has 2 fully saturated rings. The molecule has 1 spiro atoms. The molecule has 1 aliphatic carbocycles. The summed E-state index contributed by atoms with van der Waals surface area (Å²) in [5.74, 6) is 0.255. The van der Waals surface area contributed by atoms with Gasteiger partial charge in [0.2, 0.25) is 5.91 Å². The number of piperidine rings is 1. The van der Waals surface area contributed by atoms with Crippen molar-refractivity contribution in [2.75, 3.05) is 19.6 Å². The van der Waals surface area contributed by atoms with Gasteiger partial charge in [-0.05, 0) is 44.2 Å². The summed E-state index contributed by atoms with van der Waals surface area (Å²) in [7, 11) is 0. The van der Waals surface area contributed by atoms with Gasteiger partial charge in [0.05, 0.1) is 11.7 Å². The van der Waals surface area contributed by atoms with Crippen molar-refractivity contribution in [3.8, 4) is 0 Å². The van der Waals surface area contributed by atoms with Gasteiger partial charge < -0.3 is 15.2 Å². The number of nitrogens with zero attached hydrogens (tertiary/aromatic N) is 2. The van der Waals surface area contributed by atoms with Crippen molar-refractivity contribution in [3.05, 3.63) is 18.7 Å². The van der Waals surface area contributed by atoms with E-state index >= 15 is 0 Å². The smallest absolute Gasteiger partial charge is 0.226 e. The molecule has 1 aromatic rings. The summed E-state index contributed by atoms with van der Waals surface area (Å²) in [5, 5.41) is 6.51. The van der Waals surface area contributed by atoms with Gasteiger partial charge in [0.1, 0.15) is 0 Å². The number of nitrogens with one attached hydrogen (secondary N) is 2. The van der Waals surface area contributed by atoms with Crippen LogP contribution < -0.4 is 10.6 Å². The first kappa shape index (κ1) is 13.6. The summed E-state index contributed by atoms with van der Waals surface area (Å²) < 4.78 is 2.04. The predicted molar refractivity (Wildman–Crippen MR) is 77.1 cm³/mol. The molecular formula is C15H24N4O. The van der Waals surface area contributed by atoms with Gasteiger partial charge in [-0.2, -0.15) is 0 Å². The van der Waals surface area contributed by atoms with Crippen LogP contribution in [-0.4, -0.2) is 35.1 Å². The zero-order chi connectivity index (χ0) is 14.1. The Balaban J connectivity index is 1.43. The molecule has 2 aliphatic rings. The number of carbonyl (C=O) groups excluding carboxylic acids is 1. The maximum Gasteiger partial charge on any atom is 0.226 e. The fraction of sp³-hybridized carbons (Fsp3) is 0.733. The summed E-state index contributed by atoms with van der Waals surface area (Å²) in [5.41, 5.74) is 0.163. The molecule has 20 heavy (non-hydrogen) atoms. The molecule has 2 heterocycles. The third-order valence-electron chi connectivity index (χ3n) is 5.24. The number of aromatic nitrogens is 2. The molecule has 2 N–H and O–H groups in total. The van der Waals surface area contributed by atoms with Gasteiger partial charge in [-0.3, -0.25) is 4.79 Å². The fourth-order valence-corrected chi connectivity index (χ4v) is 3.67. The Morgan fingerprint density at radius 3 is 2.95 bits per heavy atom. The topological polar surface area (TPSA) is 59.0 Å². The summed E-state index contributed by atoms with van der Waals surface area (Å²) >= 11 is 0. The minimum atomic E-state index is -0.121. The van der Waals surface area contributed by atoms with E-state index in [9.17, 15) is 4.79 Å². The lowest BCUT2D eigenvalue weighted by Crippen LogP contribution is -2.38. The molecule has 1 unspecified atom stereocenters. The molecule has 1 amide bonds. The monoisotopic (exact) mass is 276 g/mol. The van der Waals surface area contributed by atoms with E-state index < -0.39 is 0 Å². The first-order valence-electron chi connectivity index (χ1n) is 7.61. The highest BCUT2D eigenvalue weighted by Gasteiger charge is 2.67. The molecule has 0 bridgehead atoms. The average molecular weight is 276 g/mol. The van der Waals surface area contributed by atoms with E-state index in [4.69, 9.17) is 0 Å². The molecular weight excluding hydrogens is 252 g/mol. The van der Waals surface area contributed by atoms with Crippen LogP contribution in [0.3, 0.4) is 0 Å². The van der Waals surface area contributed by atoms with Gasteiger partial charge in [0, 0.05) is 25.5 Å². The van der Waals surface area contributed by atoms with Crippen molar-refractivity contribution < 1.29 is 4.79 Å². The second-order valence-electron chi connectivity index (χ2n) is 6.45. The lowest BCUT2D eigenvalue weighted by Gasteiger charge is -2.27. The largest absolute Gasteiger partial charge is 0.356 e. The van der Waals surface area contributed by atoms with E-state index in [1.54, 1.807) is 6.20 Å². The molecule has 0 radical (unpaired) electrons. The third kappa shape index (κ3) is 2.35. The molecule has 1 saturated carbocycles. The highest BCUT2D eigenvalue weighted by Crippen LogP contribution is 2.68. The first-order chi connectivity index (χ1) is 9.66. The van der Waals surface area contributed by atoms with E-state index in [2.05, 4.69) is 22.5 Å². The molecule has 1 aliphatic heterocycles. The van der Waals surface area contributed by atoms with Gasteiger partial charge in [0.25, 0.3) is 0 Å². The standard InChI is InChI=1S/C15H24N4O/c1-14(11-15(14)3-6-16-7-4-15)13(20)18-5-2-9-19-10-8-17-12-19/h8,10,12,16H,2-7,9,11H2,1H3,(H,18,20). The van der Waals surface area contributed by atoms with Crippen LogP contribution in [0.2, 0.25) is 0 Å². The van der Waals surface area contributed by atoms with Gasteiger partial charge in [-0.15, -0.1) is 0 Å². The number of carbonyl (C=O) groups is 1. The normalized spacial score (nSPS) is 27.4. The molecule has 0 aromatic carbocycles. The summed E-state index contributed by atoms with van der Waals surface area (Å²) in [4.78, 5) is 16.4.